The van der Waals surface area contributed by atoms with Crippen LogP contribution >= 0.6 is 0 Å². The Bertz CT molecular complexity index is 246. The van der Waals surface area contributed by atoms with Crippen LogP contribution in [-0.4, -0.2) is 18.5 Å². The molecule has 0 aliphatic carbocycles. The zero-order valence-corrected chi connectivity index (χ0v) is 13.6. The van der Waals surface area contributed by atoms with Gasteiger partial charge in [0.2, 0.25) is 5.91 Å². The molecule has 0 aliphatic heterocycles. The molecule has 3 nitrogen and oxygen atoms in total. The largest absolute Gasteiger partial charge is 0.353 e. The molecule has 114 valence electrons. The third-order valence-corrected chi connectivity index (χ3v) is 3.95. The van der Waals surface area contributed by atoms with Crippen molar-refractivity contribution >= 4 is 5.91 Å². The van der Waals surface area contributed by atoms with E-state index < -0.39 is 0 Å². The lowest BCUT2D eigenvalue weighted by Crippen LogP contribution is -2.35. The summed E-state index contributed by atoms with van der Waals surface area (Å²) in [6, 6.07) is 0.347. The van der Waals surface area contributed by atoms with Gasteiger partial charge in [0.1, 0.15) is 0 Å². The average Bonchev–Trinajstić information content (AvgIpc) is 2.32. The van der Waals surface area contributed by atoms with Crippen molar-refractivity contribution < 1.29 is 4.79 Å². The maximum Gasteiger partial charge on any atom is 0.220 e. The number of hydrogen-bond acceptors (Lipinski definition) is 2. The molecule has 3 heteroatoms. The monoisotopic (exact) mass is 270 g/mol. The molecule has 0 bridgehead atoms. The fourth-order valence-corrected chi connectivity index (χ4v) is 2.54. The SMILES string of the molecule is CCCC(CC)NC(=O)CCC(CCN)C(C)(C)C. The van der Waals surface area contributed by atoms with E-state index in [1.165, 1.54) is 0 Å². The summed E-state index contributed by atoms with van der Waals surface area (Å²) in [4.78, 5) is 12.0. The van der Waals surface area contributed by atoms with Crippen LogP contribution in [0.5, 0.6) is 0 Å². The summed E-state index contributed by atoms with van der Waals surface area (Å²) in [5.74, 6) is 0.723. The lowest BCUT2D eigenvalue weighted by Gasteiger charge is -2.30. The molecule has 0 aromatic carbocycles. The normalized spacial score (nSPS) is 15.1. The second-order valence-electron chi connectivity index (χ2n) is 6.64. The molecule has 19 heavy (non-hydrogen) atoms. The molecule has 1 amide bonds. The van der Waals surface area contributed by atoms with Crippen LogP contribution in [-0.2, 0) is 4.79 Å². The molecular formula is C16H34N2O. The number of carbonyl (C=O) groups is 1. The Labute approximate surface area is 119 Å². The molecule has 0 saturated carbocycles. The van der Waals surface area contributed by atoms with Crippen LogP contribution in [0.1, 0.15) is 73.1 Å². The average molecular weight is 270 g/mol. The zero-order valence-electron chi connectivity index (χ0n) is 13.6. The molecule has 0 aliphatic rings. The van der Waals surface area contributed by atoms with E-state index in [-0.39, 0.29) is 11.3 Å². The quantitative estimate of drug-likeness (QED) is 0.674. The molecule has 0 rings (SSSR count). The molecular weight excluding hydrogens is 236 g/mol. The van der Waals surface area contributed by atoms with Crippen molar-refractivity contribution in [3.8, 4) is 0 Å². The van der Waals surface area contributed by atoms with Gasteiger partial charge in [0.25, 0.3) is 0 Å². The van der Waals surface area contributed by atoms with E-state index >= 15 is 0 Å². The second-order valence-corrected chi connectivity index (χ2v) is 6.64. The first-order chi connectivity index (χ1) is 8.85. The first-order valence-electron chi connectivity index (χ1n) is 7.84. The van der Waals surface area contributed by atoms with E-state index in [1.807, 2.05) is 0 Å². The van der Waals surface area contributed by atoms with E-state index in [9.17, 15) is 4.79 Å². The zero-order chi connectivity index (χ0) is 14.9. The van der Waals surface area contributed by atoms with Crippen molar-refractivity contribution in [1.82, 2.24) is 5.32 Å². The fraction of sp³-hybridized carbons (Fsp3) is 0.938. The van der Waals surface area contributed by atoms with Gasteiger partial charge in [0, 0.05) is 12.5 Å². The molecule has 0 saturated heterocycles. The minimum absolute atomic E-state index is 0.201. The lowest BCUT2D eigenvalue weighted by molar-refractivity contribution is -0.122. The van der Waals surface area contributed by atoms with Crippen molar-refractivity contribution in [2.45, 2.75) is 79.2 Å². The number of amides is 1. The summed E-state index contributed by atoms with van der Waals surface area (Å²) >= 11 is 0. The molecule has 3 N–H and O–H groups in total. The molecule has 2 atom stereocenters. The summed E-state index contributed by atoms with van der Waals surface area (Å²) in [6.07, 6.45) is 5.79. The van der Waals surface area contributed by atoms with Gasteiger partial charge in [0.15, 0.2) is 0 Å². The van der Waals surface area contributed by atoms with Crippen molar-refractivity contribution in [2.24, 2.45) is 17.1 Å². The summed E-state index contributed by atoms with van der Waals surface area (Å²) in [6.45, 7) is 11.7. The summed E-state index contributed by atoms with van der Waals surface area (Å²) in [5.41, 5.74) is 5.90. The molecule has 0 aromatic heterocycles. The van der Waals surface area contributed by atoms with Crippen LogP contribution in [0.2, 0.25) is 0 Å². The predicted molar refractivity (Wildman–Crippen MR) is 83.0 cm³/mol. The third-order valence-electron chi connectivity index (χ3n) is 3.95. The molecule has 2 unspecified atom stereocenters. The Morgan fingerprint density at radius 1 is 1.16 bits per heavy atom. The van der Waals surface area contributed by atoms with E-state index in [4.69, 9.17) is 5.73 Å². The standard InChI is InChI=1S/C16H34N2O/c1-6-8-14(7-2)18-15(19)10-9-13(11-12-17)16(3,4)5/h13-14H,6-12,17H2,1-5H3,(H,18,19). The highest BCUT2D eigenvalue weighted by Crippen LogP contribution is 2.32. The van der Waals surface area contributed by atoms with Crippen molar-refractivity contribution in [3.63, 3.8) is 0 Å². The van der Waals surface area contributed by atoms with Gasteiger partial charge in [-0.2, -0.15) is 0 Å². The minimum atomic E-state index is 0.201. The van der Waals surface area contributed by atoms with Gasteiger partial charge in [-0.25, -0.2) is 0 Å². The molecule has 0 heterocycles. The Morgan fingerprint density at radius 3 is 2.21 bits per heavy atom. The Balaban J connectivity index is 4.17. The van der Waals surface area contributed by atoms with Crippen LogP contribution < -0.4 is 11.1 Å². The first kappa shape index (κ1) is 18.4. The summed E-state index contributed by atoms with van der Waals surface area (Å²) < 4.78 is 0. The highest BCUT2D eigenvalue weighted by atomic mass is 16.1. The molecule has 0 radical (unpaired) electrons. The molecule has 0 fully saturated rings. The Kier molecular flexibility index (Phi) is 9.07. The highest BCUT2D eigenvalue weighted by Gasteiger charge is 2.24. The van der Waals surface area contributed by atoms with Crippen LogP contribution in [0.3, 0.4) is 0 Å². The molecule has 0 spiro atoms. The van der Waals surface area contributed by atoms with E-state index in [1.54, 1.807) is 0 Å². The Hall–Kier alpha value is -0.570. The molecule has 0 aromatic rings. The second kappa shape index (κ2) is 9.35. The van der Waals surface area contributed by atoms with Crippen LogP contribution in [0.15, 0.2) is 0 Å². The lowest BCUT2D eigenvalue weighted by atomic mass is 9.76. The predicted octanol–water partition coefficient (Wildman–Crippen LogP) is 3.47. The van der Waals surface area contributed by atoms with Gasteiger partial charge in [-0.1, -0.05) is 41.0 Å². The smallest absolute Gasteiger partial charge is 0.220 e. The Morgan fingerprint density at radius 2 is 1.79 bits per heavy atom. The van der Waals surface area contributed by atoms with E-state index in [0.717, 1.165) is 32.1 Å². The van der Waals surface area contributed by atoms with Gasteiger partial charge in [-0.3, -0.25) is 4.79 Å². The van der Waals surface area contributed by atoms with Crippen molar-refractivity contribution in [3.05, 3.63) is 0 Å². The van der Waals surface area contributed by atoms with Gasteiger partial charge in [-0.15, -0.1) is 0 Å². The number of hydrogen-bond donors (Lipinski definition) is 2. The number of nitrogens with one attached hydrogen (secondary N) is 1. The maximum absolute atomic E-state index is 12.0. The van der Waals surface area contributed by atoms with Crippen LogP contribution in [0.25, 0.3) is 0 Å². The minimum Gasteiger partial charge on any atom is -0.353 e. The summed E-state index contributed by atoms with van der Waals surface area (Å²) in [7, 11) is 0. The van der Waals surface area contributed by atoms with Gasteiger partial charge in [0.05, 0.1) is 0 Å². The maximum atomic E-state index is 12.0. The topological polar surface area (TPSA) is 55.1 Å². The van der Waals surface area contributed by atoms with Crippen molar-refractivity contribution in [2.75, 3.05) is 6.54 Å². The number of nitrogens with two attached hydrogens (primary N) is 1. The van der Waals surface area contributed by atoms with Crippen molar-refractivity contribution in [1.29, 1.82) is 0 Å². The van der Waals surface area contributed by atoms with Gasteiger partial charge < -0.3 is 11.1 Å². The first-order valence-corrected chi connectivity index (χ1v) is 7.84. The van der Waals surface area contributed by atoms with Crippen LogP contribution in [0.4, 0.5) is 0 Å². The summed E-state index contributed by atoms with van der Waals surface area (Å²) in [5, 5.41) is 3.15. The van der Waals surface area contributed by atoms with Gasteiger partial charge in [-0.05, 0) is 43.6 Å². The van der Waals surface area contributed by atoms with Crippen LogP contribution in [0, 0.1) is 11.3 Å². The highest BCUT2D eigenvalue weighted by molar-refractivity contribution is 5.76. The third kappa shape index (κ3) is 8.25. The number of rotatable bonds is 9. The van der Waals surface area contributed by atoms with E-state index in [0.29, 0.717) is 24.9 Å². The number of carbonyl (C=O) groups excluding carboxylic acids is 1. The van der Waals surface area contributed by atoms with Gasteiger partial charge >= 0.3 is 0 Å². The van der Waals surface area contributed by atoms with E-state index in [2.05, 4.69) is 39.9 Å². The fourth-order valence-electron chi connectivity index (χ4n) is 2.54.